The summed E-state index contributed by atoms with van der Waals surface area (Å²) in [7, 11) is -7.63. The minimum atomic E-state index is -3.82. The lowest BCUT2D eigenvalue weighted by Gasteiger charge is -2.23. The van der Waals surface area contributed by atoms with E-state index >= 15 is 0 Å². The Balaban J connectivity index is 0.000000201. The van der Waals surface area contributed by atoms with E-state index in [2.05, 4.69) is 29.9 Å². The van der Waals surface area contributed by atoms with E-state index in [0.29, 0.717) is 24.5 Å². The summed E-state index contributed by atoms with van der Waals surface area (Å²) in [6.45, 7) is 3.74. The van der Waals surface area contributed by atoms with Crippen LogP contribution in [0, 0.1) is 0 Å². The van der Waals surface area contributed by atoms with Crippen LogP contribution < -0.4 is 0 Å². The van der Waals surface area contributed by atoms with Gasteiger partial charge in [0.2, 0.25) is 20.0 Å². The molecule has 0 fully saturated rings. The van der Waals surface area contributed by atoms with Crippen LogP contribution in [0.25, 0.3) is 22.8 Å². The molecule has 0 aliphatic rings. The fraction of sp³-hybridized carbons (Fsp3) is 0.154. The zero-order valence-corrected chi connectivity index (χ0v) is 39.0. The van der Waals surface area contributed by atoms with Crippen LogP contribution in [0.4, 0.5) is 0 Å². The lowest BCUT2D eigenvalue weighted by Crippen LogP contribution is -2.30. The van der Waals surface area contributed by atoms with Gasteiger partial charge in [0.05, 0.1) is 0 Å². The molecular formula is C52H48N8O6S2. The molecule has 0 radical (unpaired) electrons. The van der Waals surface area contributed by atoms with Crippen molar-refractivity contribution >= 4 is 31.6 Å². The number of carbonyl (C=O) groups excluding carboxylic acids is 2. The summed E-state index contributed by atoms with van der Waals surface area (Å²) in [5, 5.41) is 0. The van der Waals surface area contributed by atoms with Crippen molar-refractivity contribution in [3.8, 4) is 22.8 Å². The highest BCUT2D eigenvalue weighted by Crippen LogP contribution is 2.25. The number of nitrogens with zero attached hydrogens (tertiary/aromatic N) is 8. The molecule has 344 valence electrons. The molecule has 0 atom stereocenters. The second-order valence-corrected chi connectivity index (χ2v) is 19.7. The second kappa shape index (κ2) is 22.8. The van der Waals surface area contributed by atoms with Crippen LogP contribution in [0.3, 0.4) is 0 Å². The quantitative estimate of drug-likeness (QED) is 0.0806. The third kappa shape index (κ3) is 13.3. The lowest BCUT2D eigenvalue weighted by atomic mass is 10.1. The number of rotatable bonds is 18. The number of aromatic nitrogens is 6. The van der Waals surface area contributed by atoms with Gasteiger partial charge in [0.1, 0.15) is 21.4 Å². The van der Waals surface area contributed by atoms with Gasteiger partial charge in [0.15, 0.2) is 11.6 Å². The third-order valence-electron chi connectivity index (χ3n) is 10.4. The molecule has 0 spiro atoms. The zero-order chi connectivity index (χ0) is 47.9. The van der Waals surface area contributed by atoms with Gasteiger partial charge < -0.3 is 0 Å². The minimum absolute atomic E-state index is 0.0551. The van der Waals surface area contributed by atoms with Crippen molar-refractivity contribution < 1.29 is 26.4 Å². The van der Waals surface area contributed by atoms with Crippen LogP contribution in [0.5, 0.6) is 0 Å². The van der Waals surface area contributed by atoms with Crippen LogP contribution >= 0.6 is 0 Å². The van der Waals surface area contributed by atoms with Gasteiger partial charge in [-0.25, -0.2) is 36.8 Å². The van der Waals surface area contributed by atoms with Crippen molar-refractivity contribution in [3.63, 3.8) is 0 Å². The molecular weight excluding hydrogens is 897 g/mol. The number of Topliss-reactive ketones (excluding diaryl/α,β-unsaturated/α-hetero) is 2. The predicted octanol–water partition coefficient (Wildman–Crippen LogP) is 8.12. The molecule has 8 aromatic rings. The second-order valence-electron chi connectivity index (χ2n) is 15.9. The van der Waals surface area contributed by atoms with Crippen molar-refractivity contribution in [2.24, 2.45) is 0 Å². The van der Waals surface area contributed by atoms with Gasteiger partial charge in [0.25, 0.3) is 0 Å². The van der Waals surface area contributed by atoms with E-state index in [4.69, 9.17) is 0 Å². The average molecular weight is 945 g/mol. The molecule has 0 aliphatic carbocycles. The summed E-state index contributed by atoms with van der Waals surface area (Å²) >= 11 is 0. The first kappa shape index (κ1) is 48.4. The normalized spacial score (nSPS) is 11.5. The Morgan fingerprint density at radius 2 is 0.765 bits per heavy atom. The minimum Gasteiger partial charge on any atom is -0.300 e. The van der Waals surface area contributed by atoms with E-state index in [9.17, 15) is 26.4 Å². The molecule has 4 aromatic carbocycles. The van der Waals surface area contributed by atoms with Crippen LogP contribution in [0.15, 0.2) is 193 Å². The van der Waals surface area contributed by atoms with E-state index in [1.54, 1.807) is 61.4 Å². The van der Waals surface area contributed by atoms with Gasteiger partial charge in [-0.15, -0.1) is 0 Å². The van der Waals surface area contributed by atoms with Crippen LogP contribution in [0.1, 0.15) is 47.2 Å². The van der Waals surface area contributed by atoms with Crippen molar-refractivity contribution in [3.05, 3.63) is 216 Å². The van der Waals surface area contributed by atoms with E-state index in [1.807, 2.05) is 97.1 Å². The summed E-state index contributed by atoms with van der Waals surface area (Å²) in [5.41, 5.74) is 6.68. The van der Waals surface area contributed by atoms with Crippen LogP contribution in [-0.4, -0.2) is 66.9 Å². The number of pyridine rings is 2. The van der Waals surface area contributed by atoms with E-state index in [1.165, 1.54) is 47.0 Å². The Labute approximate surface area is 396 Å². The fourth-order valence-corrected chi connectivity index (χ4v) is 9.99. The number of benzene rings is 4. The van der Waals surface area contributed by atoms with Gasteiger partial charge in [0, 0.05) is 99.7 Å². The summed E-state index contributed by atoms with van der Waals surface area (Å²) in [5.74, 6) is 1.33. The largest absolute Gasteiger partial charge is 0.300 e. The lowest BCUT2D eigenvalue weighted by molar-refractivity contribution is -0.117. The molecule has 0 saturated carbocycles. The molecule has 16 heteroatoms. The average Bonchev–Trinajstić information content (AvgIpc) is 3.35. The highest BCUT2D eigenvalue weighted by atomic mass is 32.2. The predicted molar refractivity (Wildman–Crippen MR) is 258 cm³/mol. The summed E-state index contributed by atoms with van der Waals surface area (Å²) in [6, 6.07) is 39.8. The van der Waals surface area contributed by atoms with E-state index < -0.39 is 20.0 Å². The molecule has 0 bridgehead atoms. The van der Waals surface area contributed by atoms with Crippen molar-refractivity contribution in [2.45, 2.75) is 62.7 Å². The van der Waals surface area contributed by atoms with Gasteiger partial charge in [-0.3, -0.25) is 19.6 Å². The first-order valence-electron chi connectivity index (χ1n) is 21.5. The maximum atomic E-state index is 13.5. The number of hydrogen-bond acceptors (Lipinski definition) is 12. The van der Waals surface area contributed by atoms with Gasteiger partial charge >= 0.3 is 0 Å². The Hall–Kier alpha value is -7.50. The molecule has 14 nitrogen and oxygen atoms in total. The molecule has 0 N–H and O–H groups in total. The van der Waals surface area contributed by atoms with E-state index in [0.717, 1.165) is 44.5 Å². The monoisotopic (exact) mass is 944 g/mol. The summed E-state index contributed by atoms with van der Waals surface area (Å²) < 4.78 is 56.9. The molecule has 4 heterocycles. The number of ketones is 2. The maximum Gasteiger partial charge on any atom is 0.245 e. The highest BCUT2D eigenvalue weighted by molar-refractivity contribution is 7.89. The van der Waals surface area contributed by atoms with Crippen molar-refractivity contribution in [1.29, 1.82) is 0 Å². The number of carbonyl (C=O) groups is 2. The first-order chi connectivity index (χ1) is 32.8. The topological polar surface area (TPSA) is 186 Å². The van der Waals surface area contributed by atoms with Gasteiger partial charge in [-0.2, -0.15) is 8.61 Å². The smallest absolute Gasteiger partial charge is 0.245 e. The van der Waals surface area contributed by atoms with Gasteiger partial charge in [-0.05, 0) is 83.6 Å². The summed E-state index contributed by atoms with van der Waals surface area (Å²) in [4.78, 5) is 48.3. The Morgan fingerprint density at radius 1 is 0.412 bits per heavy atom. The Morgan fingerprint density at radius 3 is 1.10 bits per heavy atom. The molecule has 68 heavy (non-hydrogen) atoms. The summed E-state index contributed by atoms with van der Waals surface area (Å²) in [6.07, 6.45) is 13.1. The molecule has 0 unspecified atom stereocenters. The van der Waals surface area contributed by atoms with E-state index in [-0.39, 0.29) is 47.5 Å². The van der Waals surface area contributed by atoms with Crippen LogP contribution in [-0.2, 0) is 68.7 Å². The fourth-order valence-electron chi connectivity index (χ4n) is 7.23. The number of sulfonamides is 2. The Kier molecular flexibility index (Phi) is 16.2. The molecule has 0 saturated heterocycles. The highest BCUT2D eigenvalue weighted by Gasteiger charge is 2.27. The Bertz CT molecular complexity index is 2940. The maximum absolute atomic E-state index is 13.5. The zero-order valence-electron chi connectivity index (χ0n) is 37.4. The number of hydrogen-bond donors (Lipinski definition) is 0. The SMILES string of the molecule is CC(=O)Cc1cccc(CN(Cc2ccc(-c3ncccn3)cc2)S(=O)(=O)c2cccnc2)c1.CC(=O)Cc1cccc(CN(Cc2ccc(-c3ncccn3)cc2)S(=O)(=O)c2cccnc2)c1. The van der Waals surface area contributed by atoms with Gasteiger partial charge in [-0.1, -0.05) is 97.1 Å². The standard InChI is InChI=1S/2C26H24N4O3S/c2*1-20(31)15-22-5-2-6-23(16-22)19-30(34(32,33)25-7-3-12-27-17-25)18-21-8-10-24(11-9-21)26-28-13-4-14-29-26/h2*2-14,16-17H,15,18-19H2,1H3. The molecule has 0 aliphatic heterocycles. The first-order valence-corrected chi connectivity index (χ1v) is 24.4. The molecule has 8 rings (SSSR count). The molecule has 0 amide bonds. The molecule has 4 aromatic heterocycles. The van der Waals surface area contributed by atoms with Crippen molar-refractivity contribution in [1.82, 2.24) is 38.5 Å². The van der Waals surface area contributed by atoms with Crippen LogP contribution in [0.2, 0.25) is 0 Å². The van der Waals surface area contributed by atoms with Crippen molar-refractivity contribution in [2.75, 3.05) is 0 Å². The third-order valence-corrected chi connectivity index (χ3v) is 14.0.